The van der Waals surface area contributed by atoms with Gasteiger partial charge in [-0.2, -0.15) is 0 Å². The molecule has 0 atom stereocenters. The van der Waals surface area contributed by atoms with Gasteiger partial charge in [-0.05, 0) is 18.1 Å². The van der Waals surface area contributed by atoms with Crippen LogP contribution < -0.4 is 4.90 Å². The van der Waals surface area contributed by atoms with Gasteiger partial charge in [-0.15, -0.1) is 5.10 Å². The molecule has 1 aliphatic rings. The number of hydrogen-bond acceptors (Lipinski definition) is 5. The van der Waals surface area contributed by atoms with E-state index >= 15 is 0 Å². The van der Waals surface area contributed by atoms with Gasteiger partial charge in [0.25, 0.3) is 0 Å². The number of nitrogens with zero attached hydrogens (tertiary/aromatic N) is 4. The van der Waals surface area contributed by atoms with Gasteiger partial charge in [-0.1, -0.05) is 23.3 Å². The fourth-order valence-corrected chi connectivity index (χ4v) is 2.66. The Bertz CT molecular complexity index is 680. The number of benzene rings is 1. The first-order valence-corrected chi connectivity index (χ1v) is 7.70. The Balaban J connectivity index is 1.49. The number of aryl methyl sites for hydroxylation is 2. The number of hydrogen-bond donors (Lipinski definition) is 0. The maximum atomic E-state index is 13.6. The average molecular weight is 318 g/mol. The highest BCUT2D eigenvalue weighted by Crippen LogP contribution is 2.15. The molecule has 0 radical (unpaired) electrons. The van der Waals surface area contributed by atoms with Crippen LogP contribution in [0.15, 0.2) is 28.7 Å². The van der Waals surface area contributed by atoms with Crippen molar-refractivity contribution in [2.24, 2.45) is 0 Å². The Morgan fingerprint density at radius 2 is 1.96 bits per heavy atom. The van der Waals surface area contributed by atoms with Gasteiger partial charge >= 0.3 is 6.01 Å². The van der Waals surface area contributed by atoms with Crippen LogP contribution >= 0.6 is 0 Å². The highest BCUT2D eigenvalue weighted by Gasteiger charge is 2.23. The molecule has 0 spiro atoms. The molecule has 2 heterocycles. The minimum absolute atomic E-state index is 0.0506. The fraction of sp³-hybridized carbons (Fsp3) is 0.438. The number of rotatable bonds is 4. The van der Waals surface area contributed by atoms with Crippen molar-refractivity contribution in [2.45, 2.75) is 19.8 Å². The van der Waals surface area contributed by atoms with E-state index in [4.69, 9.17) is 4.42 Å². The second-order valence-electron chi connectivity index (χ2n) is 5.56. The summed E-state index contributed by atoms with van der Waals surface area (Å²) in [6, 6.07) is 7.08. The van der Waals surface area contributed by atoms with Gasteiger partial charge in [0.05, 0.1) is 0 Å². The first-order chi connectivity index (χ1) is 11.1. The molecule has 1 aromatic carbocycles. The zero-order valence-corrected chi connectivity index (χ0v) is 13.0. The van der Waals surface area contributed by atoms with E-state index in [1.165, 1.54) is 6.07 Å². The van der Waals surface area contributed by atoms with E-state index in [0.717, 1.165) is 0 Å². The predicted octanol–water partition coefficient (Wildman–Crippen LogP) is 1.80. The summed E-state index contributed by atoms with van der Waals surface area (Å²) >= 11 is 0. The predicted molar refractivity (Wildman–Crippen MR) is 82.5 cm³/mol. The molecule has 0 saturated carbocycles. The lowest BCUT2D eigenvalue weighted by Crippen LogP contribution is -2.49. The van der Waals surface area contributed by atoms with Crippen molar-refractivity contribution >= 4 is 11.9 Å². The lowest BCUT2D eigenvalue weighted by Gasteiger charge is -2.33. The number of amides is 1. The molecule has 122 valence electrons. The number of carbonyl (C=O) groups is 1. The largest absolute Gasteiger partial charge is 0.408 e. The highest BCUT2D eigenvalue weighted by molar-refractivity contribution is 5.76. The molecule has 1 saturated heterocycles. The van der Waals surface area contributed by atoms with E-state index in [0.29, 0.717) is 56.5 Å². The summed E-state index contributed by atoms with van der Waals surface area (Å²) in [5.41, 5.74) is 0.584. The smallest absolute Gasteiger partial charge is 0.318 e. The summed E-state index contributed by atoms with van der Waals surface area (Å²) in [6.45, 7) is 4.29. The molecule has 6 nitrogen and oxygen atoms in total. The van der Waals surface area contributed by atoms with Crippen LogP contribution in [0, 0.1) is 12.7 Å². The van der Waals surface area contributed by atoms with Gasteiger partial charge in [-0.3, -0.25) is 4.79 Å². The summed E-state index contributed by atoms with van der Waals surface area (Å²) < 4.78 is 19.0. The minimum atomic E-state index is -0.253. The number of anilines is 1. The van der Waals surface area contributed by atoms with Crippen LogP contribution in [0.2, 0.25) is 0 Å². The SMILES string of the molecule is Cc1nnc(N2CCN(C(=O)CCc3ccccc3F)CC2)o1. The van der Waals surface area contributed by atoms with Crippen molar-refractivity contribution < 1.29 is 13.6 Å². The maximum Gasteiger partial charge on any atom is 0.318 e. The average Bonchev–Trinajstić information content (AvgIpc) is 3.00. The molecule has 7 heteroatoms. The molecule has 1 amide bonds. The summed E-state index contributed by atoms with van der Waals surface area (Å²) in [5.74, 6) is 0.329. The van der Waals surface area contributed by atoms with E-state index in [-0.39, 0.29) is 11.7 Å². The van der Waals surface area contributed by atoms with Gasteiger partial charge in [0, 0.05) is 39.5 Å². The molecule has 1 aromatic heterocycles. The van der Waals surface area contributed by atoms with Gasteiger partial charge in [0.2, 0.25) is 11.8 Å². The second-order valence-corrected chi connectivity index (χ2v) is 5.56. The van der Waals surface area contributed by atoms with Crippen LogP contribution in [0.25, 0.3) is 0 Å². The van der Waals surface area contributed by atoms with Gasteiger partial charge in [-0.25, -0.2) is 4.39 Å². The standard InChI is InChI=1S/C16H19FN4O2/c1-12-18-19-16(23-12)21-10-8-20(9-11-21)15(22)7-6-13-4-2-3-5-14(13)17/h2-5H,6-11H2,1H3. The Labute approximate surface area is 133 Å². The molecular formula is C16H19FN4O2. The van der Waals surface area contributed by atoms with E-state index in [1.807, 2.05) is 4.90 Å². The molecule has 2 aromatic rings. The van der Waals surface area contributed by atoms with E-state index < -0.39 is 0 Å². The Morgan fingerprint density at radius 3 is 2.61 bits per heavy atom. The zero-order valence-electron chi connectivity index (χ0n) is 13.0. The van der Waals surface area contributed by atoms with Crippen molar-refractivity contribution in [2.75, 3.05) is 31.1 Å². The number of halogens is 1. The Morgan fingerprint density at radius 1 is 1.22 bits per heavy atom. The third-order valence-corrected chi connectivity index (χ3v) is 3.98. The lowest BCUT2D eigenvalue weighted by molar-refractivity contribution is -0.131. The minimum Gasteiger partial charge on any atom is -0.408 e. The number of aromatic nitrogens is 2. The number of piperazine rings is 1. The first kappa shape index (κ1) is 15.5. The quantitative estimate of drug-likeness (QED) is 0.860. The van der Waals surface area contributed by atoms with E-state index in [2.05, 4.69) is 10.2 Å². The summed E-state index contributed by atoms with van der Waals surface area (Å²) in [5, 5.41) is 7.80. The van der Waals surface area contributed by atoms with Crippen LogP contribution in [0.1, 0.15) is 17.9 Å². The summed E-state index contributed by atoms with van der Waals surface area (Å²) in [7, 11) is 0. The summed E-state index contributed by atoms with van der Waals surface area (Å²) in [4.78, 5) is 16.0. The molecule has 1 aliphatic heterocycles. The normalized spacial score (nSPS) is 15.0. The third kappa shape index (κ3) is 3.67. The van der Waals surface area contributed by atoms with Crippen LogP contribution in [0.4, 0.5) is 10.4 Å². The van der Waals surface area contributed by atoms with Crippen molar-refractivity contribution in [1.82, 2.24) is 15.1 Å². The third-order valence-electron chi connectivity index (χ3n) is 3.98. The Kier molecular flexibility index (Phi) is 4.55. The van der Waals surface area contributed by atoms with Crippen molar-refractivity contribution in [1.29, 1.82) is 0 Å². The summed E-state index contributed by atoms with van der Waals surface area (Å²) in [6.07, 6.45) is 0.745. The molecule has 0 unspecified atom stereocenters. The maximum absolute atomic E-state index is 13.6. The molecule has 0 aliphatic carbocycles. The fourth-order valence-electron chi connectivity index (χ4n) is 2.66. The van der Waals surface area contributed by atoms with Gasteiger partial charge in [0.1, 0.15) is 5.82 Å². The molecule has 0 N–H and O–H groups in total. The molecule has 1 fully saturated rings. The van der Waals surface area contributed by atoms with Gasteiger partial charge < -0.3 is 14.2 Å². The second kappa shape index (κ2) is 6.76. The van der Waals surface area contributed by atoms with Crippen molar-refractivity contribution in [3.63, 3.8) is 0 Å². The van der Waals surface area contributed by atoms with E-state index in [1.54, 1.807) is 30.0 Å². The topological polar surface area (TPSA) is 62.5 Å². The zero-order chi connectivity index (χ0) is 16.2. The molecular weight excluding hydrogens is 299 g/mol. The van der Waals surface area contributed by atoms with Crippen LogP contribution in [0.3, 0.4) is 0 Å². The molecule has 0 bridgehead atoms. The Hall–Kier alpha value is -2.44. The lowest BCUT2D eigenvalue weighted by atomic mass is 10.1. The highest BCUT2D eigenvalue weighted by atomic mass is 19.1. The monoisotopic (exact) mass is 318 g/mol. The molecule has 23 heavy (non-hydrogen) atoms. The van der Waals surface area contributed by atoms with Crippen LogP contribution in [0.5, 0.6) is 0 Å². The van der Waals surface area contributed by atoms with Crippen molar-refractivity contribution in [3.05, 3.63) is 41.5 Å². The van der Waals surface area contributed by atoms with Gasteiger partial charge in [0.15, 0.2) is 0 Å². The number of carbonyl (C=O) groups excluding carboxylic acids is 1. The van der Waals surface area contributed by atoms with E-state index in [9.17, 15) is 9.18 Å². The molecule has 3 rings (SSSR count). The van der Waals surface area contributed by atoms with Crippen LogP contribution in [-0.2, 0) is 11.2 Å². The van der Waals surface area contributed by atoms with Crippen molar-refractivity contribution in [3.8, 4) is 0 Å². The first-order valence-electron chi connectivity index (χ1n) is 7.70. The van der Waals surface area contributed by atoms with Crippen LogP contribution in [-0.4, -0.2) is 47.2 Å².